The van der Waals surface area contributed by atoms with Crippen molar-refractivity contribution in [3.8, 4) is 0 Å². The van der Waals surface area contributed by atoms with Gasteiger partial charge in [-0.05, 0) is 36.8 Å². The van der Waals surface area contributed by atoms with Crippen molar-refractivity contribution in [2.45, 2.75) is 50.7 Å². The summed E-state index contributed by atoms with van der Waals surface area (Å²) in [6.45, 7) is 2.73. The molecule has 1 atom stereocenters. The number of rotatable bonds is 6. The molecule has 0 amide bonds. The van der Waals surface area contributed by atoms with E-state index in [0.29, 0.717) is 18.5 Å². The molecule has 0 aliphatic heterocycles. The summed E-state index contributed by atoms with van der Waals surface area (Å²) >= 11 is 0. The van der Waals surface area contributed by atoms with Crippen molar-refractivity contribution in [3.05, 3.63) is 35.6 Å². The van der Waals surface area contributed by atoms with Crippen molar-refractivity contribution in [3.63, 3.8) is 0 Å². The summed E-state index contributed by atoms with van der Waals surface area (Å²) in [6.07, 6.45) is 3.55. The van der Waals surface area contributed by atoms with Crippen LogP contribution in [-0.4, -0.2) is 23.8 Å². The molecule has 18 heavy (non-hydrogen) atoms. The van der Waals surface area contributed by atoms with Gasteiger partial charge in [0.1, 0.15) is 5.82 Å². The lowest BCUT2D eigenvalue weighted by molar-refractivity contribution is 0.145. The molecule has 0 bridgehead atoms. The molecule has 2 nitrogen and oxygen atoms in total. The molecular weight excluding hydrogens is 229 g/mol. The highest BCUT2D eigenvalue weighted by Crippen LogP contribution is 2.37. The molecule has 0 spiro atoms. The van der Waals surface area contributed by atoms with Crippen LogP contribution in [0, 0.1) is 5.82 Å². The number of aliphatic hydroxyl groups is 1. The van der Waals surface area contributed by atoms with Gasteiger partial charge < -0.3 is 10.4 Å². The summed E-state index contributed by atoms with van der Waals surface area (Å²) in [6, 6.07) is 7.46. The number of nitrogens with one attached hydrogen (secondary N) is 1. The van der Waals surface area contributed by atoms with Crippen LogP contribution in [0.5, 0.6) is 0 Å². The monoisotopic (exact) mass is 251 g/mol. The first-order chi connectivity index (χ1) is 8.70. The molecular formula is C15H22FNO. The van der Waals surface area contributed by atoms with E-state index in [-0.39, 0.29) is 11.9 Å². The van der Waals surface area contributed by atoms with E-state index in [2.05, 4.69) is 12.2 Å². The molecule has 1 aliphatic carbocycles. The summed E-state index contributed by atoms with van der Waals surface area (Å²) in [5.41, 5.74) is 0.838. The number of benzene rings is 1. The molecule has 0 saturated heterocycles. The van der Waals surface area contributed by atoms with Gasteiger partial charge in [0.15, 0.2) is 0 Å². The van der Waals surface area contributed by atoms with Crippen molar-refractivity contribution in [1.29, 1.82) is 0 Å². The van der Waals surface area contributed by atoms with Crippen LogP contribution < -0.4 is 5.32 Å². The molecule has 1 aromatic carbocycles. The van der Waals surface area contributed by atoms with Crippen LogP contribution in [0.3, 0.4) is 0 Å². The Labute approximate surface area is 108 Å². The fourth-order valence-electron chi connectivity index (χ4n) is 2.58. The van der Waals surface area contributed by atoms with Gasteiger partial charge in [-0.25, -0.2) is 4.39 Å². The minimum absolute atomic E-state index is 0.0908. The zero-order chi connectivity index (χ0) is 13.0. The lowest BCUT2D eigenvalue weighted by atomic mass is 9.75. The highest BCUT2D eigenvalue weighted by molar-refractivity contribution is 5.24. The first kappa shape index (κ1) is 13.5. The van der Waals surface area contributed by atoms with E-state index in [1.165, 1.54) is 6.07 Å². The summed E-state index contributed by atoms with van der Waals surface area (Å²) < 4.78 is 13.5. The average Bonchev–Trinajstić information content (AvgIpc) is 2.29. The summed E-state index contributed by atoms with van der Waals surface area (Å²) in [4.78, 5) is 0. The summed E-state index contributed by atoms with van der Waals surface area (Å²) in [5.74, 6) is 0.249. The van der Waals surface area contributed by atoms with Gasteiger partial charge in [0, 0.05) is 12.6 Å². The van der Waals surface area contributed by atoms with Gasteiger partial charge in [0.2, 0.25) is 0 Å². The van der Waals surface area contributed by atoms with E-state index in [4.69, 9.17) is 0 Å². The van der Waals surface area contributed by atoms with Gasteiger partial charge in [-0.3, -0.25) is 0 Å². The van der Waals surface area contributed by atoms with Crippen LogP contribution in [0.1, 0.15) is 44.1 Å². The third-order valence-corrected chi connectivity index (χ3v) is 3.75. The second kappa shape index (κ2) is 6.30. The molecule has 1 aliphatic rings. The van der Waals surface area contributed by atoms with Gasteiger partial charge in [-0.15, -0.1) is 0 Å². The highest BCUT2D eigenvalue weighted by atomic mass is 19.1. The Morgan fingerprint density at radius 1 is 1.39 bits per heavy atom. The second-order valence-corrected chi connectivity index (χ2v) is 5.24. The Morgan fingerprint density at radius 2 is 2.11 bits per heavy atom. The molecule has 0 radical (unpaired) electrons. The first-order valence-corrected chi connectivity index (χ1v) is 6.86. The maximum atomic E-state index is 13.5. The zero-order valence-electron chi connectivity index (χ0n) is 10.9. The average molecular weight is 251 g/mol. The van der Waals surface area contributed by atoms with Crippen LogP contribution in [0.2, 0.25) is 0 Å². The van der Waals surface area contributed by atoms with E-state index >= 15 is 0 Å². The maximum Gasteiger partial charge on any atom is 0.126 e. The molecule has 3 heteroatoms. The van der Waals surface area contributed by atoms with Crippen LogP contribution >= 0.6 is 0 Å². The maximum absolute atomic E-state index is 13.5. The van der Waals surface area contributed by atoms with Crippen molar-refractivity contribution >= 4 is 0 Å². The van der Waals surface area contributed by atoms with Crippen molar-refractivity contribution in [2.75, 3.05) is 6.54 Å². The third-order valence-electron chi connectivity index (χ3n) is 3.75. The Kier molecular flexibility index (Phi) is 4.72. The molecule has 0 heterocycles. The molecule has 0 aromatic heterocycles. The Hall–Kier alpha value is -0.930. The van der Waals surface area contributed by atoms with E-state index in [9.17, 15) is 9.50 Å². The third kappa shape index (κ3) is 3.30. The fraction of sp³-hybridized carbons (Fsp3) is 0.600. The first-order valence-electron chi connectivity index (χ1n) is 6.86. The van der Waals surface area contributed by atoms with E-state index in [0.717, 1.165) is 31.2 Å². The van der Waals surface area contributed by atoms with Crippen LogP contribution in [0.15, 0.2) is 24.3 Å². The summed E-state index contributed by atoms with van der Waals surface area (Å²) in [5, 5.41) is 13.0. The normalized spacial score (nSPS) is 24.6. The lowest BCUT2D eigenvalue weighted by Crippen LogP contribution is -2.43. The van der Waals surface area contributed by atoms with Crippen LogP contribution in [-0.2, 0) is 0 Å². The second-order valence-electron chi connectivity index (χ2n) is 5.24. The SMILES string of the molecule is CCCC(O)CNC1CC(c2ccccc2F)C1. The molecule has 1 fully saturated rings. The molecule has 1 aromatic rings. The standard InChI is InChI=1S/C15H22FNO/c1-2-5-13(18)10-17-12-8-11(9-12)14-6-3-4-7-15(14)16/h3-4,6-7,11-13,17-18H,2,5,8-10H2,1H3. The van der Waals surface area contributed by atoms with Gasteiger partial charge in [0.05, 0.1) is 6.10 Å². The van der Waals surface area contributed by atoms with Crippen molar-refractivity contribution in [2.24, 2.45) is 0 Å². The number of aliphatic hydroxyl groups excluding tert-OH is 1. The fourth-order valence-corrected chi connectivity index (χ4v) is 2.58. The van der Waals surface area contributed by atoms with E-state index in [1.54, 1.807) is 6.07 Å². The van der Waals surface area contributed by atoms with Gasteiger partial charge in [-0.2, -0.15) is 0 Å². The van der Waals surface area contributed by atoms with Gasteiger partial charge in [-0.1, -0.05) is 31.5 Å². The van der Waals surface area contributed by atoms with E-state index in [1.807, 2.05) is 12.1 Å². The molecule has 100 valence electrons. The highest BCUT2D eigenvalue weighted by Gasteiger charge is 2.31. The minimum atomic E-state index is -0.248. The molecule has 2 N–H and O–H groups in total. The quantitative estimate of drug-likeness (QED) is 0.815. The number of hydrogen-bond donors (Lipinski definition) is 2. The smallest absolute Gasteiger partial charge is 0.126 e. The largest absolute Gasteiger partial charge is 0.392 e. The Morgan fingerprint density at radius 3 is 2.78 bits per heavy atom. The van der Waals surface area contributed by atoms with Crippen molar-refractivity contribution in [1.82, 2.24) is 5.32 Å². The molecule has 1 saturated carbocycles. The number of hydrogen-bond acceptors (Lipinski definition) is 2. The molecule has 2 rings (SSSR count). The predicted molar refractivity (Wildman–Crippen MR) is 71.1 cm³/mol. The summed E-state index contributed by atoms with van der Waals surface area (Å²) in [7, 11) is 0. The molecule has 1 unspecified atom stereocenters. The minimum Gasteiger partial charge on any atom is -0.392 e. The topological polar surface area (TPSA) is 32.3 Å². The lowest BCUT2D eigenvalue weighted by Gasteiger charge is -2.37. The van der Waals surface area contributed by atoms with Gasteiger partial charge in [0.25, 0.3) is 0 Å². The van der Waals surface area contributed by atoms with Crippen LogP contribution in [0.25, 0.3) is 0 Å². The van der Waals surface area contributed by atoms with Crippen molar-refractivity contribution < 1.29 is 9.50 Å². The van der Waals surface area contributed by atoms with E-state index < -0.39 is 0 Å². The number of halogens is 1. The Balaban J connectivity index is 1.73. The van der Waals surface area contributed by atoms with Crippen LogP contribution in [0.4, 0.5) is 4.39 Å². The zero-order valence-corrected chi connectivity index (χ0v) is 10.9. The Bertz CT molecular complexity index is 377. The predicted octanol–water partition coefficient (Wildman–Crippen LogP) is 2.82. The van der Waals surface area contributed by atoms with Gasteiger partial charge >= 0.3 is 0 Å².